The van der Waals surface area contributed by atoms with Crippen LogP contribution in [0.2, 0.25) is 0 Å². The minimum Gasteiger partial charge on any atom is -0.322 e. The molecule has 0 saturated heterocycles. The van der Waals surface area contributed by atoms with Crippen LogP contribution in [0.4, 0.5) is 11.4 Å². The average Bonchev–Trinajstić information content (AvgIpc) is 3.13. The first-order valence-corrected chi connectivity index (χ1v) is 9.16. The van der Waals surface area contributed by atoms with E-state index in [0.29, 0.717) is 16.1 Å². The van der Waals surface area contributed by atoms with Gasteiger partial charge in [0.1, 0.15) is 0 Å². The summed E-state index contributed by atoms with van der Waals surface area (Å²) >= 11 is 1.39. The molecule has 0 unspecified atom stereocenters. The number of nitrogens with one attached hydrogen (secondary N) is 2. The van der Waals surface area contributed by atoms with Crippen LogP contribution in [0, 0.1) is 20.8 Å². The maximum absolute atomic E-state index is 12.5. The van der Waals surface area contributed by atoms with Gasteiger partial charge in [0.05, 0.1) is 4.88 Å². The molecule has 0 spiro atoms. The van der Waals surface area contributed by atoms with Crippen LogP contribution in [0.25, 0.3) is 0 Å². The van der Waals surface area contributed by atoms with Gasteiger partial charge in [0.25, 0.3) is 11.8 Å². The van der Waals surface area contributed by atoms with Crippen LogP contribution in [-0.4, -0.2) is 11.8 Å². The zero-order valence-electron chi connectivity index (χ0n) is 14.9. The Balaban J connectivity index is 1.70. The van der Waals surface area contributed by atoms with Gasteiger partial charge in [0.2, 0.25) is 0 Å². The first-order valence-electron chi connectivity index (χ1n) is 8.28. The second kappa shape index (κ2) is 7.54. The molecule has 5 heteroatoms. The molecule has 0 radical (unpaired) electrons. The highest BCUT2D eigenvalue weighted by molar-refractivity contribution is 7.12. The Bertz CT molecular complexity index is 922. The third-order valence-electron chi connectivity index (χ3n) is 4.07. The molecule has 0 bridgehead atoms. The first kappa shape index (κ1) is 17.9. The summed E-state index contributed by atoms with van der Waals surface area (Å²) in [6.45, 7) is 6.01. The van der Waals surface area contributed by atoms with Gasteiger partial charge in [-0.15, -0.1) is 11.3 Å². The topological polar surface area (TPSA) is 58.2 Å². The molecule has 2 amide bonds. The fourth-order valence-electron chi connectivity index (χ4n) is 2.87. The maximum Gasteiger partial charge on any atom is 0.265 e. The molecule has 4 nitrogen and oxygen atoms in total. The van der Waals surface area contributed by atoms with Crippen LogP contribution in [0.1, 0.15) is 36.7 Å². The Morgan fingerprint density at radius 1 is 0.846 bits per heavy atom. The molecule has 2 N–H and O–H groups in total. The van der Waals surface area contributed by atoms with Crippen molar-refractivity contribution in [2.75, 3.05) is 10.6 Å². The van der Waals surface area contributed by atoms with Crippen molar-refractivity contribution in [3.8, 4) is 0 Å². The number of thiophene rings is 1. The molecule has 1 heterocycles. The van der Waals surface area contributed by atoms with E-state index in [2.05, 4.69) is 10.6 Å². The molecule has 132 valence electrons. The van der Waals surface area contributed by atoms with Crippen molar-refractivity contribution in [2.45, 2.75) is 20.8 Å². The van der Waals surface area contributed by atoms with Gasteiger partial charge in [-0.25, -0.2) is 0 Å². The smallest absolute Gasteiger partial charge is 0.265 e. The van der Waals surface area contributed by atoms with E-state index in [9.17, 15) is 9.59 Å². The van der Waals surface area contributed by atoms with Gasteiger partial charge in [-0.2, -0.15) is 0 Å². The van der Waals surface area contributed by atoms with Crippen LogP contribution in [0.15, 0.2) is 53.9 Å². The summed E-state index contributed by atoms with van der Waals surface area (Å²) in [6.07, 6.45) is 0. The highest BCUT2D eigenvalue weighted by atomic mass is 32.1. The van der Waals surface area contributed by atoms with Crippen molar-refractivity contribution < 1.29 is 9.59 Å². The summed E-state index contributed by atoms with van der Waals surface area (Å²) in [6, 6.07) is 14.6. The Kier molecular flexibility index (Phi) is 5.19. The van der Waals surface area contributed by atoms with Crippen molar-refractivity contribution in [2.24, 2.45) is 0 Å². The molecule has 1 aromatic heterocycles. The number of carbonyl (C=O) groups excluding carboxylic acids is 2. The van der Waals surface area contributed by atoms with Crippen molar-refractivity contribution in [1.82, 2.24) is 0 Å². The van der Waals surface area contributed by atoms with Crippen molar-refractivity contribution in [3.05, 3.63) is 81.0 Å². The fourth-order valence-corrected chi connectivity index (χ4v) is 3.49. The maximum atomic E-state index is 12.5. The Morgan fingerprint density at radius 2 is 1.50 bits per heavy atom. The van der Waals surface area contributed by atoms with E-state index in [-0.39, 0.29) is 11.8 Å². The van der Waals surface area contributed by atoms with Crippen molar-refractivity contribution in [3.63, 3.8) is 0 Å². The molecule has 26 heavy (non-hydrogen) atoms. The largest absolute Gasteiger partial charge is 0.322 e. The number of hydrogen-bond donors (Lipinski definition) is 2. The van der Waals surface area contributed by atoms with Crippen molar-refractivity contribution >= 4 is 34.5 Å². The lowest BCUT2D eigenvalue weighted by atomic mass is 10.0. The Hall–Kier alpha value is -2.92. The van der Waals surface area contributed by atoms with Gasteiger partial charge < -0.3 is 10.6 Å². The van der Waals surface area contributed by atoms with E-state index >= 15 is 0 Å². The molecule has 2 aromatic carbocycles. The van der Waals surface area contributed by atoms with Gasteiger partial charge in [-0.05, 0) is 67.6 Å². The number of aryl methyl sites for hydroxylation is 3. The molecule has 0 saturated carbocycles. The van der Waals surface area contributed by atoms with Gasteiger partial charge in [0.15, 0.2) is 0 Å². The molecule has 0 atom stereocenters. The van der Waals surface area contributed by atoms with E-state index in [0.717, 1.165) is 16.8 Å². The lowest BCUT2D eigenvalue weighted by molar-refractivity contribution is 0.102. The van der Waals surface area contributed by atoms with Crippen LogP contribution in [-0.2, 0) is 0 Å². The predicted molar refractivity (Wildman–Crippen MR) is 107 cm³/mol. The third-order valence-corrected chi connectivity index (χ3v) is 4.93. The molecule has 0 aliphatic heterocycles. The van der Waals surface area contributed by atoms with Crippen LogP contribution < -0.4 is 10.6 Å². The van der Waals surface area contributed by atoms with Gasteiger partial charge in [-0.1, -0.05) is 23.8 Å². The standard InChI is InChI=1S/C21H20N2O2S/c1-13-11-14(2)19(15(3)12-13)23-20(24)16-6-8-17(9-7-16)22-21(25)18-5-4-10-26-18/h4-12H,1-3H3,(H,22,25)(H,23,24). The second-order valence-electron chi connectivity index (χ2n) is 6.24. The monoisotopic (exact) mass is 364 g/mol. The SMILES string of the molecule is Cc1cc(C)c(NC(=O)c2ccc(NC(=O)c3cccs3)cc2)c(C)c1. The third kappa shape index (κ3) is 4.00. The van der Waals surface area contributed by atoms with Crippen molar-refractivity contribution in [1.29, 1.82) is 0 Å². The number of hydrogen-bond acceptors (Lipinski definition) is 3. The summed E-state index contributed by atoms with van der Waals surface area (Å²) in [4.78, 5) is 25.2. The molecule has 0 fully saturated rings. The predicted octanol–water partition coefficient (Wildman–Crippen LogP) is 5.18. The number of benzene rings is 2. The molecule has 3 aromatic rings. The van der Waals surface area contributed by atoms with E-state index in [4.69, 9.17) is 0 Å². The summed E-state index contributed by atoms with van der Waals surface area (Å²) in [5.41, 5.74) is 5.28. The number of anilines is 2. The molecular formula is C21H20N2O2S. The number of carbonyl (C=O) groups is 2. The summed E-state index contributed by atoms with van der Waals surface area (Å²) in [5, 5.41) is 7.66. The minimum absolute atomic E-state index is 0.150. The first-order chi connectivity index (χ1) is 12.4. The summed E-state index contributed by atoms with van der Waals surface area (Å²) in [7, 11) is 0. The van der Waals surface area contributed by atoms with E-state index in [1.165, 1.54) is 16.9 Å². The zero-order valence-corrected chi connectivity index (χ0v) is 15.7. The van der Waals surface area contributed by atoms with Crippen LogP contribution in [0.3, 0.4) is 0 Å². The van der Waals surface area contributed by atoms with Gasteiger partial charge >= 0.3 is 0 Å². The second-order valence-corrected chi connectivity index (χ2v) is 7.18. The van der Waals surface area contributed by atoms with Gasteiger partial charge in [-0.3, -0.25) is 9.59 Å². The summed E-state index contributed by atoms with van der Waals surface area (Å²) in [5.74, 6) is -0.320. The van der Waals surface area contributed by atoms with Gasteiger partial charge in [0, 0.05) is 16.9 Å². The zero-order chi connectivity index (χ0) is 18.7. The van der Waals surface area contributed by atoms with E-state index in [1.807, 2.05) is 44.4 Å². The lowest BCUT2D eigenvalue weighted by Gasteiger charge is -2.13. The van der Waals surface area contributed by atoms with E-state index in [1.54, 1.807) is 30.3 Å². The summed E-state index contributed by atoms with van der Waals surface area (Å²) < 4.78 is 0. The molecular weight excluding hydrogens is 344 g/mol. The fraction of sp³-hybridized carbons (Fsp3) is 0.143. The molecule has 3 rings (SSSR count). The lowest BCUT2D eigenvalue weighted by Crippen LogP contribution is -2.14. The van der Waals surface area contributed by atoms with E-state index < -0.39 is 0 Å². The van der Waals surface area contributed by atoms with Crippen LogP contribution in [0.5, 0.6) is 0 Å². The Morgan fingerprint density at radius 3 is 2.08 bits per heavy atom. The Labute approximate surface area is 156 Å². The molecule has 0 aliphatic rings. The highest BCUT2D eigenvalue weighted by Gasteiger charge is 2.11. The minimum atomic E-state index is -0.170. The number of rotatable bonds is 4. The normalized spacial score (nSPS) is 10.4. The number of amides is 2. The quantitative estimate of drug-likeness (QED) is 0.670. The average molecular weight is 364 g/mol. The van der Waals surface area contributed by atoms with Crippen LogP contribution >= 0.6 is 11.3 Å². The highest BCUT2D eigenvalue weighted by Crippen LogP contribution is 2.23. The molecule has 0 aliphatic carbocycles.